The van der Waals surface area contributed by atoms with E-state index >= 15 is 0 Å². The minimum atomic E-state index is -1.06. The Bertz CT molecular complexity index is 1020. The fraction of sp³-hybridized carbons (Fsp3) is 0.130. The molecular formula is C23H20BrNO5. The van der Waals surface area contributed by atoms with E-state index in [9.17, 15) is 4.79 Å². The molecule has 0 aliphatic rings. The van der Waals surface area contributed by atoms with E-state index in [1.807, 2.05) is 61.5 Å². The van der Waals surface area contributed by atoms with Gasteiger partial charge in [0.05, 0.1) is 16.8 Å². The van der Waals surface area contributed by atoms with E-state index in [1.165, 1.54) is 0 Å². The molecular weight excluding hydrogens is 450 g/mol. The Hall–Kier alpha value is -3.32. The van der Waals surface area contributed by atoms with Gasteiger partial charge in [-0.2, -0.15) is 0 Å². The van der Waals surface area contributed by atoms with Crippen molar-refractivity contribution in [2.75, 3.05) is 13.2 Å². The zero-order chi connectivity index (χ0) is 21.3. The standard InChI is InChI=1S/C23H20BrNO5/c1-2-28-21-13-16(12-20(24)23(21)29-15-22(26)27)14-25-17-8-10-19(11-9-17)30-18-6-4-3-5-7-18/h3-14H,2,15H2,1H3,(H,26,27). The molecule has 154 valence electrons. The third-order valence-electron chi connectivity index (χ3n) is 3.85. The lowest BCUT2D eigenvalue weighted by Crippen LogP contribution is -2.11. The predicted molar refractivity (Wildman–Crippen MR) is 119 cm³/mol. The number of hydrogen-bond acceptors (Lipinski definition) is 5. The molecule has 0 saturated heterocycles. The summed E-state index contributed by atoms with van der Waals surface area (Å²) < 4.78 is 17.3. The molecule has 6 nitrogen and oxygen atoms in total. The average Bonchev–Trinajstić information content (AvgIpc) is 2.73. The second-order valence-electron chi connectivity index (χ2n) is 6.11. The van der Waals surface area contributed by atoms with Crippen LogP contribution in [0.1, 0.15) is 12.5 Å². The van der Waals surface area contributed by atoms with Crippen LogP contribution in [0.5, 0.6) is 23.0 Å². The van der Waals surface area contributed by atoms with Crippen molar-refractivity contribution in [2.24, 2.45) is 4.99 Å². The van der Waals surface area contributed by atoms with Crippen molar-refractivity contribution in [2.45, 2.75) is 6.92 Å². The van der Waals surface area contributed by atoms with Crippen LogP contribution in [0.4, 0.5) is 5.69 Å². The number of ether oxygens (including phenoxy) is 3. The van der Waals surface area contributed by atoms with Crippen molar-refractivity contribution in [1.29, 1.82) is 0 Å². The Morgan fingerprint density at radius 2 is 1.73 bits per heavy atom. The van der Waals surface area contributed by atoms with Crippen molar-refractivity contribution in [1.82, 2.24) is 0 Å². The summed E-state index contributed by atoms with van der Waals surface area (Å²) in [5.74, 6) is 1.23. The largest absolute Gasteiger partial charge is 0.490 e. The minimum Gasteiger partial charge on any atom is -0.490 e. The van der Waals surface area contributed by atoms with Gasteiger partial charge in [-0.15, -0.1) is 0 Å². The number of carboxylic acids is 1. The molecule has 0 aliphatic carbocycles. The first-order valence-electron chi connectivity index (χ1n) is 9.23. The number of nitrogens with zero attached hydrogens (tertiary/aromatic N) is 1. The smallest absolute Gasteiger partial charge is 0.341 e. The lowest BCUT2D eigenvalue weighted by Gasteiger charge is -2.13. The van der Waals surface area contributed by atoms with Gasteiger partial charge >= 0.3 is 5.97 Å². The van der Waals surface area contributed by atoms with Gasteiger partial charge in [0, 0.05) is 6.21 Å². The molecule has 1 N–H and O–H groups in total. The van der Waals surface area contributed by atoms with E-state index in [2.05, 4.69) is 20.9 Å². The highest BCUT2D eigenvalue weighted by atomic mass is 79.9. The van der Waals surface area contributed by atoms with Crippen LogP contribution in [-0.4, -0.2) is 30.5 Å². The summed E-state index contributed by atoms with van der Waals surface area (Å²) in [4.78, 5) is 15.3. The van der Waals surface area contributed by atoms with Crippen LogP contribution in [0.25, 0.3) is 0 Å². The maximum absolute atomic E-state index is 10.8. The highest BCUT2D eigenvalue weighted by molar-refractivity contribution is 9.10. The van der Waals surface area contributed by atoms with Crippen molar-refractivity contribution in [3.63, 3.8) is 0 Å². The van der Waals surface area contributed by atoms with E-state index in [4.69, 9.17) is 19.3 Å². The zero-order valence-corrected chi connectivity index (χ0v) is 17.8. The summed E-state index contributed by atoms with van der Waals surface area (Å²) in [6.45, 7) is 1.80. The number of rotatable bonds is 9. The molecule has 7 heteroatoms. The Morgan fingerprint density at radius 1 is 1.03 bits per heavy atom. The number of benzene rings is 3. The minimum absolute atomic E-state index is 0.346. The number of hydrogen-bond donors (Lipinski definition) is 1. The van der Waals surface area contributed by atoms with Crippen molar-refractivity contribution in [3.8, 4) is 23.0 Å². The fourth-order valence-corrected chi connectivity index (χ4v) is 3.15. The molecule has 0 fully saturated rings. The molecule has 0 atom stereocenters. The fourth-order valence-electron chi connectivity index (χ4n) is 2.57. The van der Waals surface area contributed by atoms with E-state index < -0.39 is 12.6 Å². The van der Waals surface area contributed by atoms with Gasteiger partial charge in [-0.1, -0.05) is 18.2 Å². The molecule has 3 rings (SSSR count). The van der Waals surface area contributed by atoms with Crippen LogP contribution in [0, 0.1) is 0 Å². The van der Waals surface area contributed by atoms with Crippen LogP contribution < -0.4 is 14.2 Å². The maximum Gasteiger partial charge on any atom is 0.341 e. The van der Waals surface area contributed by atoms with Crippen LogP contribution in [-0.2, 0) is 4.79 Å². The van der Waals surface area contributed by atoms with Crippen molar-refractivity contribution >= 4 is 33.8 Å². The van der Waals surface area contributed by atoms with Gasteiger partial charge in [0.15, 0.2) is 18.1 Å². The summed E-state index contributed by atoms with van der Waals surface area (Å²) in [5.41, 5.74) is 1.54. The highest BCUT2D eigenvalue weighted by Crippen LogP contribution is 2.36. The summed E-state index contributed by atoms with van der Waals surface area (Å²) in [5, 5.41) is 8.84. The van der Waals surface area contributed by atoms with Gasteiger partial charge in [-0.3, -0.25) is 4.99 Å². The summed E-state index contributed by atoms with van der Waals surface area (Å²) in [6.07, 6.45) is 1.70. The Balaban J connectivity index is 1.74. The molecule has 0 radical (unpaired) electrons. The molecule has 0 spiro atoms. The molecule has 0 heterocycles. The van der Waals surface area contributed by atoms with Crippen LogP contribution in [0.2, 0.25) is 0 Å². The quantitative estimate of drug-likeness (QED) is 0.397. The average molecular weight is 470 g/mol. The number of carboxylic acid groups (broad SMARTS) is 1. The van der Waals surface area contributed by atoms with Gasteiger partial charge in [0.25, 0.3) is 0 Å². The predicted octanol–water partition coefficient (Wildman–Crippen LogP) is 5.85. The summed E-state index contributed by atoms with van der Waals surface area (Å²) >= 11 is 3.41. The topological polar surface area (TPSA) is 77.3 Å². The Labute approximate surface area is 182 Å². The molecule has 3 aromatic carbocycles. The van der Waals surface area contributed by atoms with Crippen molar-refractivity contribution in [3.05, 3.63) is 76.8 Å². The molecule has 0 aliphatic heterocycles. The third kappa shape index (κ3) is 6.09. The third-order valence-corrected chi connectivity index (χ3v) is 4.44. The van der Waals surface area contributed by atoms with E-state index in [0.717, 1.165) is 22.7 Å². The SMILES string of the molecule is CCOc1cc(C=Nc2ccc(Oc3ccccc3)cc2)cc(Br)c1OCC(=O)O. The highest BCUT2D eigenvalue weighted by Gasteiger charge is 2.13. The molecule has 0 unspecified atom stereocenters. The first-order chi connectivity index (χ1) is 14.5. The Morgan fingerprint density at radius 3 is 2.40 bits per heavy atom. The first-order valence-corrected chi connectivity index (χ1v) is 10.0. The van der Waals surface area contributed by atoms with E-state index in [-0.39, 0.29) is 0 Å². The van der Waals surface area contributed by atoms with Gasteiger partial charge in [-0.25, -0.2) is 4.79 Å². The maximum atomic E-state index is 10.8. The molecule has 0 saturated carbocycles. The number of carbonyl (C=O) groups is 1. The van der Waals surface area contributed by atoms with E-state index in [0.29, 0.717) is 22.6 Å². The molecule has 0 bridgehead atoms. The van der Waals surface area contributed by atoms with Gasteiger partial charge in [-0.05, 0) is 76.9 Å². The van der Waals surface area contributed by atoms with Gasteiger partial charge < -0.3 is 19.3 Å². The molecule has 0 aromatic heterocycles. The van der Waals surface area contributed by atoms with Gasteiger partial charge in [0.1, 0.15) is 11.5 Å². The van der Waals surface area contributed by atoms with Gasteiger partial charge in [0.2, 0.25) is 0 Å². The van der Waals surface area contributed by atoms with E-state index in [1.54, 1.807) is 18.3 Å². The number of para-hydroxylation sites is 1. The van der Waals surface area contributed by atoms with Crippen molar-refractivity contribution < 1.29 is 24.1 Å². The second-order valence-corrected chi connectivity index (χ2v) is 6.97. The molecule has 30 heavy (non-hydrogen) atoms. The monoisotopic (exact) mass is 469 g/mol. The van der Waals surface area contributed by atoms with Crippen LogP contribution in [0.15, 0.2) is 76.2 Å². The van der Waals surface area contributed by atoms with Crippen LogP contribution >= 0.6 is 15.9 Å². The van der Waals surface area contributed by atoms with Crippen LogP contribution in [0.3, 0.4) is 0 Å². The number of halogens is 1. The zero-order valence-electron chi connectivity index (χ0n) is 16.2. The summed E-state index contributed by atoms with van der Waals surface area (Å²) in [7, 11) is 0. The number of aliphatic carboxylic acids is 1. The Kier molecular flexibility index (Phi) is 7.45. The summed E-state index contributed by atoms with van der Waals surface area (Å²) in [6, 6.07) is 20.5. The second kappa shape index (κ2) is 10.5. The number of aliphatic imine (C=N–C) groups is 1. The first kappa shape index (κ1) is 21.4. The normalized spacial score (nSPS) is 10.7. The molecule has 0 amide bonds. The molecule has 3 aromatic rings. The lowest BCUT2D eigenvalue weighted by atomic mass is 10.2. The lowest BCUT2D eigenvalue weighted by molar-refractivity contribution is -0.139.